The van der Waals surface area contributed by atoms with Gasteiger partial charge in [0.2, 0.25) is 5.95 Å². The number of sulfone groups is 1. The molecule has 3 fully saturated rings. The number of fused-ring (bicyclic) bond motifs is 1. The first-order valence-electron chi connectivity index (χ1n) is 13.2. The van der Waals surface area contributed by atoms with Crippen molar-refractivity contribution in [2.24, 2.45) is 0 Å². The van der Waals surface area contributed by atoms with Crippen LogP contribution in [0.25, 0.3) is 22.3 Å². The standard InChI is InChI=1S/C27H32N6O5S/c1-18-15-37-11-10-33(18)24-21-6-7-22(19-4-3-5-20(14-19)25(34)28-2)29-23(21)30-26(31-24)32-9-12-38-27(16-32)8-13-39(35,36)17-27/h3-7,14,18H,8-13,15-17H2,1-2H3,(H,28,34)/t18-,27-/m0/s1. The molecule has 11 nitrogen and oxygen atoms in total. The molecule has 0 aliphatic carbocycles. The molecule has 1 amide bonds. The molecule has 3 aromatic rings. The van der Waals surface area contributed by atoms with Crippen LogP contribution in [-0.4, -0.2) is 98.9 Å². The van der Waals surface area contributed by atoms with Crippen LogP contribution in [0.1, 0.15) is 23.7 Å². The molecule has 1 N–H and O–H groups in total. The minimum absolute atomic E-state index is 0.0154. The molecule has 3 aliphatic heterocycles. The van der Waals surface area contributed by atoms with Crippen molar-refractivity contribution in [3.05, 3.63) is 42.0 Å². The number of nitrogens with zero attached hydrogens (tertiary/aromatic N) is 5. The van der Waals surface area contributed by atoms with Crippen molar-refractivity contribution >= 4 is 38.5 Å². The van der Waals surface area contributed by atoms with Gasteiger partial charge in [-0.2, -0.15) is 9.97 Å². The summed E-state index contributed by atoms with van der Waals surface area (Å²) in [5.41, 5.74) is 1.85. The maximum atomic E-state index is 12.3. The van der Waals surface area contributed by atoms with E-state index in [2.05, 4.69) is 17.1 Å². The Bertz CT molecular complexity index is 1530. The van der Waals surface area contributed by atoms with Gasteiger partial charge in [0.1, 0.15) is 11.4 Å². The first kappa shape index (κ1) is 25.9. The number of carbonyl (C=O) groups excluding carboxylic acids is 1. The summed E-state index contributed by atoms with van der Waals surface area (Å²) >= 11 is 0. The lowest BCUT2D eigenvalue weighted by Crippen LogP contribution is -2.53. The second-order valence-electron chi connectivity index (χ2n) is 10.5. The highest BCUT2D eigenvalue weighted by Crippen LogP contribution is 2.35. The Morgan fingerprint density at radius 3 is 2.77 bits per heavy atom. The molecular formula is C27H32N6O5S. The van der Waals surface area contributed by atoms with E-state index in [1.54, 1.807) is 13.1 Å². The Balaban J connectivity index is 1.44. The number of aromatic nitrogens is 3. The first-order chi connectivity index (χ1) is 18.8. The number of carbonyl (C=O) groups is 1. The summed E-state index contributed by atoms with van der Waals surface area (Å²) in [4.78, 5) is 31.3. The highest BCUT2D eigenvalue weighted by molar-refractivity contribution is 7.91. The van der Waals surface area contributed by atoms with Crippen LogP contribution in [0.15, 0.2) is 36.4 Å². The van der Waals surface area contributed by atoms with Crippen LogP contribution in [0.3, 0.4) is 0 Å². The van der Waals surface area contributed by atoms with Crippen molar-refractivity contribution in [1.82, 2.24) is 20.3 Å². The molecule has 6 rings (SSSR count). The van der Waals surface area contributed by atoms with Gasteiger partial charge in [0.25, 0.3) is 5.91 Å². The minimum Gasteiger partial charge on any atom is -0.377 e. The van der Waals surface area contributed by atoms with Gasteiger partial charge >= 0.3 is 0 Å². The van der Waals surface area contributed by atoms with E-state index in [0.29, 0.717) is 68.7 Å². The molecule has 39 heavy (non-hydrogen) atoms. The van der Waals surface area contributed by atoms with E-state index >= 15 is 0 Å². The molecule has 0 saturated carbocycles. The summed E-state index contributed by atoms with van der Waals surface area (Å²) in [7, 11) is -1.53. The Morgan fingerprint density at radius 1 is 1.13 bits per heavy atom. The number of nitrogens with one attached hydrogen (secondary N) is 1. The molecule has 0 bridgehead atoms. The average Bonchev–Trinajstić information content (AvgIpc) is 3.24. The number of anilines is 2. The number of benzene rings is 1. The molecule has 3 saturated heterocycles. The highest BCUT2D eigenvalue weighted by Gasteiger charge is 2.47. The maximum absolute atomic E-state index is 12.3. The molecule has 0 radical (unpaired) electrons. The van der Waals surface area contributed by atoms with Crippen LogP contribution in [-0.2, 0) is 19.3 Å². The second kappa shape index (κ2) is 10.00. The van der Waals surface area contributed by atoms with Crippen molar-refractivity contribution in [3.63, 3.8) is 0 Å². The Morgan fingerprint density at radius 2 is 2.00 bits per heavy atom. The van der Waals surface area contributed by atoms with Gasteiger partial charge in [-0.25, -0.2) is 13.4 Å². The molecule has 1 aromatic carbocycles. The third-order valence-electron chi connectivity index (χ3n) is 7.70. The normalized spacial score (nSPS) is 24.8. The summed E-state index contributed by atoms with van der Waals surface area (Å²) < 4.78 is 36.3. The lowest BCUT2D eigenvalue weighted by Gasteiger charge is -2.40. The minimum atomic E-state index is -3.13. The molecule has 2 atom stereocenters. The number of morpholine rings is 2. The van der Waals surface area contributed by atoms with Crippen molar-refractivity contribution in [3.8, 4) is 11.3 Å². The van der Waals surface area contributed by atoms with Crippen LogP contribution in [0, 0.1) is 0 Å². The lowest BCUT2D eigenvalue weighted by molar-refractivity contribution is -0.0364. The zero-order valence-electron chi connectivity index (χ0n) is 22.1. The van der Waals surface area contributed by atoms with E-state index in [1.165, 1.54) is 0 Å². The molecule has 0 unspecified atom stereocenters. The predicted molar refractivity (Wildman–Crippen MR) is 148 cm³/mol. The van der Waals surface area contributed by atoms with Gasteiger partial charge in [0.15, 0.2) is 15.5 Å². The molecule has 2 aromatic heterocycles. The summed E-state index contributed by atoms with van der Waals surface area (Å²) in [5, 5.41) is 3.48. The van der Waals surface area contributed by atoms with Gasteiger partial charge in [0, 0.05) is 31.3 Å². The summed E-state index contributed by atoms with van der Waals surface area (Å²) in [5.74, 6) is 1.27. The monoisotopic (exact) mass is 552 g/mol. The van der Waals surface area contributed by atoms with Crippen LogP contribution in [0.4, 0.5) is 11.8 Å². The smallest absolute Gasteiger partial charge is 0.251 e. The third kappa shape index (κ3) is 5.04. The largest absolute Gasteiger partial charge is 0.377 e. The maximum Gasteiger partial charge on any atom is 0.251 e. The first-order valence-corrected chi connectivity index (χ1v) is 15.0. The second-order valence-corrected chi connectivity index (χ2v) is 12.7. The van der Waals surface area contributed by atoms with Gasteiger partial charge in [-0.05, 0) is 37.6 Å². The van der Waals surface area contributed by atoms with Gasteiger partial charge < -0.3 is 24.6 Å². The molecule has 206 valence electrons. The van der Waals surface area contributed by atoms with Crippen LogP contribution >= 0.6 is 0 Å². The lowest BCUT2D eigenvalue weighted by atomic mass is 10.0. The van der Waals surface area contributed by atoms with Crippen molar-refractivity contribution in [1.29, 1.82) is 0 Å². The number of hydrogen-bond donors (Lipinski definition) is 1. The van der Waals surface area contributed by atoms with E-state index < -0.39 is 15.4 Å². The van der Waals surface area contributed by atoms with Crippen molar-refractivity contribution in [2.75, 3.05) is 67.8 Å². The van der Waals surface area contributed by atoms with E-state index in [1.807, 2.05) is 35.2 Å². The predicted octanol–water partition coefficient (Wildman–Crippen LogP) is 1.67. The Hall–Kier alpha value is -3.35. The number of pyridine rings is 1. The fourth-order valence-corrected chi connectivity index (χ4v) is 7.60. The van der Waals surface area contributed by atoms with Crippen molar-refractivity contribution in [2.45, 2.75) is 25.0 Å². The summed E-state index contributed by atoms with van der Waals surface area (Å²) in [6, 6.07) is 11.3. The van der Waals surface area contributed by atoms with E-state index in [0.717, 1.165) is 16.8 Å². The third-order valence-corrected chi connectivity index (χ3v) is 9.49. The molecule has 12 heteroatoms. The van der Waals surface area contributed by atoms with Gasteiger partial charge in [0.05, 0.1) is 55.0 Å². The quantitative estimate of drug-likeness (QED) is 0.511. The van der Waals surface area contributed by atoms with Gasteiger partial charge in [-0.3, -0.25) is 4.79 Å². The van der Waals surface area contributed by atoms with Crippen LogP contribution in [0.5, 0.6) is 0 Å². The zero-order valence-corrected chi connectivity index (χ0v) is 22.9. The summed E-state index contributed by atoms with van der Waals surface area (Å²) in [6.07, 6.45) is 0.469. The molecular weight excluding hydrogens is 520 g/mol. The number of ether oxygens (including phenoxy) is 2. The SMILES string of the molecule is CNC(=O)c1cccc(-c2ccc3c(N4CCOC[C@@H]4C)nc(N4CCO[C@@]5(CCS(=O)(=O)C5)C4)nc3n2)c1. The highest BCUT2D eigenvalue weighted by atomic mass is 32.2. The van der Waals surface area contributed by atoms with E-state index in [9.17, 15) is 13.2 Å². The summed E-state index contributed by atoms with van der Waals surface area (Å²) in [6.45, 7) is 5.35. The zero-order chi connectivity index (χ0) is 27.2. The number of amides is 1. The molecule has 5 heterocycles. The fraction of sp³-hybridized carbons (Fsp3) is 0.481. The Labute approximate surface area is 227 Å². The molecule has 3 aliphatic rings. The molecule has 1 spiro atoms. The topological polar surface area (TPSA) is 127 Å². The van der Waals surface area contributed by atoms with Crippen LogP contribution in [0.2, 0.25) is 0 Å². The number of hydrogen-bond acceptors (Lipinski definition) is 10. The van der Waals surface area contributed by atoms with Gasteiger partial charge in [-0.1, -0.05) is 12.1 Å². The van der Waals surface area contributed by atoms with Gasteiger partial charge in [-0.15, -0.1) is 0 Å². The van der Waals surface area contributed by atoms with Crippen LogP contribution < -0.4 is 15.1 Å². The number of rotatable bonds is 4. The average molecular weight is 553 g/mol. The fourth-order valence-electron chi connectivity index (χ4n) is 5.65. The van der Waals surface area contributed by atoms with E-state index in [-0.39, 0.29) is 23.5 Å². The van der Waals surface area contributed by atoms with E-state index in [4.69, 9.17) is 24.4 Å². The Kier molecular flexibility index (Phi) is 6.64. The van der Waals surface area contributed by atoms with Crippen molar-refractivity contribution < 1.29 is 22.7 Å².